The Morgan fingerprint density at radius 2 is 1.88 bits per heavy atom. The Morgan fingerprint density at radius 1 is 1.12 bits per heavy atom. The number of hydrogen-bond acceptors (Lipinski definition) is 6. The number of ether oxygens (including phenoxy) is 1. The standard InChI is InChI=1S/C17H26N4O3/c22-16(18-11-15-19-17(24-20-15)13-1-2-13)12-3-7-21(8-4-12)14-5-9-23-10-6-14/h12-14H,1-11H2,(H,18,22). The summed E-state index contributed by atoms with van der Waals surface area (Å²) in [5, 5.41) is 6.92. The van der Waals surface area contributed by atoms with Gasteiger partial charge in [-0.05, 0) is 51.6 Å². The zero-order chi connectivity index (χ0) is 16.4. The molecule has 1 saturated carbocycles. The fraction of sp³-hybridized carbons (Fsp3) is 0.824. The van der Waals surface area contributed by atoms with E-state index >= 15 is 0 Å². The molecule has 1 N–H and O–H groups in total. The quantitative estimate of drug-likeness (QED) is 0.878. The molecule has 0 radical (unpaired) electrons. The Morgan fingerprint density at radius 3 is 2.58 bits per heavy atom. The van der Waals surface area contributed by atoms with E-state index in [1.54, 1.807) is 0 Å². The first-order chi connectivity index (χ1) is 11.8. The van der Waals surface area contributed by atoms with Crippen molar-refractivity contribution in [1.82, 2.24) is 20.4 Å². The van der Waals surface area contributed by atoms with Gasteiger partial charge >= 0.3 is 0 Å². The van der Waals surface area contributed by atoms with Crippen LogP contribution in [-0.2, 0) is 16.1 Å². The van der Waals surface area contributed by atoms with Crippen LogP contribution in [0.4, 0.5) is 0 Å². The van der Waals surface area contributed by atoms with Crippen LogP contribution in [0.5, 0.6) is 0 Å². The second kappa shape index (κ2) is 7.19. The maximum absolute atomic E-state index is 12.4. The Hall–Kier alpha value is -1.47. The molecular weight excluding hydrogens is 308 g/mol. The molecule has 2 aliphatic heterocycles. The summed E-state index contributed by atoms with van der Waals surface area (Å²) in [5.41, 5.74) is 0. The van der Waals surface area contributed by atoms with E-state index in [9.17, 15) is 4.79 Å². The van der Waals surface area contributed by atoms with Crippen LogP contribution in [0.1, 0.15) is 56.2 Å². The third-order valence-electron chi connectivity index (χ3n) is 5.44. The van der Waals surface area contributed by atoms with Gasteiger partial charge in [-0.2, -0.15) is 4.98 Å². The van der Waals surface area contributed by atoms with Crippen LogP contribution >= 0.6 is 0 Å². The average molecular weight is 334 g/mol. The zero-order valence-corrected chi connectivity index (χ0v) is 14.1. The second-order valence-corrected chi connectivity index (χ2v) is 7.19. The molecule has 0 spiro atoms. The molecule has 132 valence electrons. The molecule has 7 nitrogen and oxygen atoms in total. The van der Waals surface area contributed by atoms with Gasteiger partial charge in [-0.3, -0.25) is 4.79 Å². The SMILES string of the molecule is O=C(NCc1noc(C2CC2)n1)C1CCN(C2CCOCC2)CC1. The van der Waals surface area contributed by atoms with Crippen molar-refractivity contribution in [3.8, 4) is 0 Å². The first-order valence-electron chi connectivity index (χ1n) is 9.21. The summed E-state index contributed by atoms with van der Waals surface area (Å²) in [6.07, 6.45) is 6.39. The van der Waals surface area contributed by atoms with Crippen LogP contribution < -0.4 is 5.32 Å². The monoisotopic (exact) mass is 334 g/mol. The van der Waals surface area contributed by atoms with E-state index in [0.29, 0.717) is 24.3 Å². The van der Waals surface area contributed by atoms with E-state index in [4.69, 9.17) is 9.26 Å². The average Bonchev–Trinajstić information content (AvgIpc) is 3.39. The van der Waals surface area contributed by atoms with E-state index in [1.165, 1.54) is 0 Å². The van der Waals surface area contributed by atoms with E-state index in [2.05, 4.69) is 20.4 Å². The lowest BCUT2D eigenvalue weighted by molar-refractivity contribution is -0.127. The van der Waals surface area contributed by atoms with Crippen molar-refractivity contribution in [1.29, 1.82) is 0 Å². The molecule has 0 bridgehead atoms. The number of nitrogens with zero attached hydrogens (tertiary/aromatic N) is 3. The Labute approximate surface area is 142 Å². The molecule has 1 amide bonds. The Balaban J connectivity index is 1.20. The van der Waals surface area contributed by atoms with Gasteiger partial charge in [-0.15, -0.1) is 0 Å². The highest BCUT2D eigenvalue weighted by molar-refractivity contribution is 5.78. The number of aromatic nitrogens is 2. The lowest BCUT2D eigenvalue weighted by Crippen LogP contribution is -2.46. The summed E-state index contributed by atoms with van der Waals surface area (Å²) in [6.45, 7) is 4.14. The van der Waals surface area contributed by atoms with Gasteiger partial charge in [0.05, 0.1) is 6.54 Å². The third-order valence-corrected chi connectivity index (χ3v) is 5.44. The van der Waals surface area contributed by atoms with Crippen molar-refractivity contribution < 1.29 is 14.1 Å². The highest BCUT2D eigenvalue weighted by Crippen LogP contribution is 2.38. The van der Waals surface area contributed by atoms with Gasteiger partial charge in [0.2, 0.25) is 11.8 Å². The van der Waals surface area contributed by atoms with Gasteiger partial charge < -0.3 is 19.5 Å². The fourth-order valence-electron chi connectivity index (χ4n) is 3.72. The number of carbonyl (C=O) groups is 1. The van der Waals surface area contributed by atoms with Crippen molar-refractivity contribution in [2.75, 3.05) is 26.3 Å². The van der Waals surface area contributed by atoms with Crippen LogP contribution in [0.15, 0.2) is 4.52 Å². The van der Waals surface area contributed by atoms with E-state index in [0.717, 1.165) is 70.7 Å². The number of rotatable bonds is 5. The lowest BCUT2D eigenvalue weighted by Gasteiger charge is -2.38. The highest BCUT2D eigenvalue weighted by atomic mass is 16.5. The number of carbonyl (C=O) groups excluding carboxylic acids is 1. The van der Waals surface area contributed by atoms with E-state index in [-0.39, 0.29) is 11.8 Å². The molecule has 0 atom stereocenters. The van der Waals surface area contributed by atoms with Crippen molar-refractivity contribution in [3.63, 3.8) is 0 Å². The Kier molecular flexibility index (Phi) is 4.80. The van der Waals surface area contributed by atoms with Gasteiger partial charge in [-0.25, -0.2) is 0 Å². The number of hydrogen-bond donors (Lipinski definition) is 1. The van der Waals surface area contributed by atoms with Crippen molar-refractivity contribution in [3.05, 3.63) is 11.7 Å². The molecule has 0 unspecified atom stereocenters. The van der Waals surface area contributed by atoms with Gasteiger partial charge in [0.1, 0.15) is 0 Å². The minimum Gasteiger partial charge on any atom is -0.381 e. The smallest absolute Gasteiger partial charge is 0.229 e. The number of nitrogens with one attached hydrogen (secondary N) is 1. The molecule has 1 aromatic rings. The predicted molar refractivity (Wildman–Crippen MR) is 86.3 cm³/mol. The van der Waals surface area contributed by atoms with Gasteiger partial charge in [-0.1, -0.05) is 5.16 Å². The van der Waals surface area contributed by atoms with Crippen molar-refractivity contribution in [2.24, 2.45) is 5.92 Å². The van der Waals surface area contributed by atoms with Crippen LogP contribution in [0.25, 0.3) is 0 Å². The number of piperidine rings is 1. The minimum atomic E-state index is 0.107. The molecular formula is C17H26N4O3. The molecule has 4 rings (SSSR count). The summed E-state index contributed by atoms with van der Waals surface area (Å²) in [7, 11) is 0. The lowest BCUT2D eigenvalue weighted by atomic mass is 9.93. The molecule has 3 aliphatic rings. The Bertz CT molecular complexity index is 558. The molecule has 1 aromatic heterocycles. The molecule has 3 fully saturated rings. The van der Waals surface area contributed by atoms with Crippen LogP contribution in [0.2, 0.25) is 0 Å². The highest BCUT2D eigenvalue weighted by Gasteiger charge is 2.31. The fourth-order valence-corrected chi connectivity index (χ4v) is 3.72. The largest absolute Gasteiger partial charge is 0.381 e. The topological polar surface area (TPSA) is 80.5 Å². The van der Waals surface area contributed by atoms with E-state index < -0.39 is 0 Å². The predicted octanol–water partition coefficient (Wildman–Crippen LogP) is 1.45. The minimum absolute atomic E-state index is 0.107. The number of amides is 1. The summed E-state index contributed by atoms with van der Waals surface area (Å²) < 4.78 is 10.7. The summed E-state index contributed by atoms with van der Waals surface area (Å²) >= 11 is 0. The summed E-state index contributed by atoms with van der Waals surface area (Å²) in [4.78, 5) is 19.3. The zero-order valence-electron chi connectivity index (χ0n) is 14.1. The van der Waals surface area contributed by atoms with Crippen molar-refractivity contribution >= 4 is 5.91 Å². The van der Waals surface area contributed by atoms with Crippen LogP contribution in [-0.4, -0.2) is 53.3 Å². The first-order valence-corrected chi connectivity index (χ1v) is 9.21. The molecule has 0 aromatic carbocycles. The van der Waals surface area contributed by atoms with E-state index in [1.807, 2.05) is 0 Å². The van der Waals surface area contributed by atoms with Crippen molar-refractivity contribution in [2.45, 2.75) is 57.0 Å². The third kappa shape index (κ3) is 3.78. The maximum Gasteiger partial charge on any atom is 0.229 e. The molecule has 3 heterocycles. The second-order valence-electron chi connectivity index (χ2n) is 7.19. The first kappa shape index (κ1) is 16.0. The van der Waals surface area contributed by atoms with Crippen LogP contribution in [0.3, 0.4) is 0 Å². The van der Waals surface area contributed by atoms with Crippen LogP contribution in [0, 0.1) is 5.92 Å². The van der Waals surface area contributed by atoms with Gasteiger partial charge in [0.25, 0.3) is 0 Å². The maximum atomic E-state index is 12.4. The van der Waals surface area contributed by atoms with Gasteiger partial charge in [0, 0.05) is 31.1 Å². The summed E-state index contributed by atoms with van der Waals surface area (Å²) in [6, 6.07) is 0.642. The summed E-state index contributed by atoms with van der Waals surface area (Å²) in [5.74, 6) is 2.00. The number of likely N-dealkylation sites (tertiary alicyclic amines) is 1. The van der Waals surface area contributed by atoms with Gasteiger partial charge in [0.15, 0.2) is 5.82 Å². The molecule has 1 aliphatic carbocycles. The molecule has 7 heteroatoms. The normalized spacial score (nSPS) is 24.2. The molecule has 24 heavy (non-hydrogen) atoms. The molecule has 2 saturated heterocycles.